The zero-order valence-electron chi connectivity index (χ0n) is 12.4. The van der Waals surface area contributed by atoms with Gasteiger partial charge in [0.15, 0.2) is 0 Å². The monoisotopic (exact) mass is 289 g/mol. The lowest BCUT2D eigenvalue weighted by Crippen LogP contribution is -2.15. The van der Waals surface area contributed by atoms with E-state index >= 15 is 0 Å². The van der Waals surface area contributed by atoms with E-state index in [4.69, 9.17) is 19.9 Å². The van der Waals surface area contributed by atoms with Gasteiger partial charge >= 0.3 is 0 Å². The van der Waals surface area contributed by atoms with E-state index in [1.807, 2.05) is 18.2 Å². The molecule has 112 valence electrons. The number of nitrogens with two attached hydrogens (primary N) is 1. The Bertz CT molecular complexity index is 604. The summed E-state index contributed by atoms with van der Waals surface area (Å²) in [5.74, 6) is 1.98. The Labute approximate surface area is 123 Å². The van der Waals surface area contributed by atoms with Gasteiger partial charge in [0, 0.05) is 29.8 Å². The molecule has 2 aromatic rings. The summed E-state index contributed by atoms with van der Waals surface area (Å²) in [6.07, 6.45) is 2.01. The zero-order valence-corrected chi connectivity index (χ0v) is 12.4. The van der Waals surface area contributed by atoms with E-state index in [9.17, 15) is 0 Å². The third kappa shape index (κ3) is 3.61. The minimum absolute atomic E-state index is 0.269. The summed E-state index contributed by atoms with van der Waals surface area (Å²) in [5, 5.41) is 0. The maximum atomic E-state index is 6.28. The van der Waals surface area contributed by atoms with Crippen LogP contribution >= 0.6 is 0 Å². The molecule has 0 aliphatic carbocycles. The molecule has 0 radical (unpaired) electrons. The topological polar surface area (TPSA) is 79.5 Å². The predicted molar refractivity (Wildman–Crippen MR) is 78.8 cm³/mol. The average molecular weight is 289 g/mol. The Morgan fingerprint density at radius 1 is 1.05 bits per heavy atom. The van der Waals surface area contributed by atoms with Gasteiger partial charge < -0.3 is 19.9 Å². The molecule has 0 aliphatic rings. The van der Waals surface area contributed by atoms with Crippen LogP contribution in [-0.2, 0) is 6.42 Å². The fourth-order valence-corrected chi connectivity index (χ4v) is 2.06. The molecule has 1 aromatic heterocycles. The number of benzene rings is 1. The number of aromatic nitrogens is 2. The van der Waals surface area contributed by atoms with Crippen LogP contribution in [0.25, 0.3) is 0 Å². The largest absolute Gasteiger partial charge is 0.497 e. The van der Waals surface area contributed by atoms with Crippen molar-refractivity contribution in [3.8, 4) is 17.4 Å². The van der Waals surface area contributed by atoms with Gasteiger partial charge in [0.25, 0.3) is 0 Å². The summed E-state index contributed by atoms with van der Waals surface area (Å²) in [6, 6.07) is 7.06. The SMILES string of the molecule is COc1ccc(OC)c(C(N)Cc2cc(OC)ncn2)c1. The van der Waals surface area contributed by atoms with Crippen molar-refractivity contribution in [1.82, 2.24) is 9.97 Å². The minimum Gasteiger partial charge on any atom is -0.497 e. The molecule has 21 heavy (non-hydrogen) atoms. The molecular formula is C15H19N3O3. The third-order valence-corrected chi connectivity index (χ3v) is 3.17. The van der Waals surface area contributed by atoms with Crippen LogP contribution in [0, 0.1) is 0 Å². The Kier molecular flexibility index (Phi) is 4.94. The first-order valence-electron chi connectivity index (χ1n) is 6.50. The molecule has 0 amide bonds. The van der Waals surface area contributed by atoms with Gasteiger partial charge in [-0.15, -0.1) is 0 Å². The summed E-state index contributed by atoms with van der Waals surface area (Å²) >= 11 is 0. The predicted octanol–water partition coefficient (Wildman–Crippen LogP) is 1.74. The number of hydrogen-bond acceptors (Lipinski definition) is 6. The number of hydrogen-bond donors (Lipinski definition) is 1. The molecule has 1 heterocycles. The second-order valence-corrected chi connectivity index (χ2v) is 4.47. The lowest BCUT2D eigenvalue weighted by Gasteiger charge is -2.16. The molecule has 1 atom stereocenters. The third-order valence-electron chi connectivity index (χ3n) is 3.17. The maximum absolute atomic E-state index is 6.28. The van der Waals surface area contributed by atoms with Gasteiger partial charge in [-0.05, 0) is 18.2 Å². The highest BCUT2D eigenvalue weighted by Gasteiger charge is 2.15. The zero-order chi connectivity index (χ0) is 15.2. The quantitative estimate of drug-likeness (QED) is 0.872. The van der Waals surface area contributed by atoms with E-state index in [1.54, 1.807) is 27.4 Å². The van der Waals surface area contributed by atoms with Crippen LogP contribution in [0.5, 0.6) is 17.4 Å². The van der Waals surface area contributed by atoms with Crippen LogP contribution in [0.15, 0.2) is 30.6 Å². The summed E-state index contributed by atoms with van der Waals surface area (Å²) in [6.45, 7) is 0. The Morgan fingerprint density at radius 2 is 1.86 bits per heavy atom. The average Bonchev–Trinajstić information content (AvgIpc) is 2.54. The minimum atomic E-state index is -0.269. The summed E-state index contributed by atoms with van der Waals surface area (Å²) in [5.41, 5.74) is 7.96. The van der Waals surface area contributed by atoms with Crippen LogP contribution < -0.4 is 19.9 Å². The molecule has 2 rings (SSSR count). The van der Waals surface area contributed by atoms with E-state index in [0.29, 0.717) is 12.3 Å². The molecule has 1 unspecified atom stereocenters. The second-order valence-electron chi connectivity index (χ2n) is 4.47. The number of rotatable bonds is 6. The van der Waals surface area contributed by atoms with Crippen molar-refractivity contribution < 1.29 is 14.2 Å². The van der Waals surface area contributed by atoms with Crippen LogP contribution in [0.3, 0.4) is 0 Å². The van der Waals surface area contributed by atoms with Gasteiger partial charge in [-0.25, -0.2) is 9.97 Å². The molecule has 6 nitrogen and oxygen atoms in total. The van der Waals surface area contributed by atoms with Gasteiger partial charge in [0.05, 0.1) is 21.3 Å². The van der Waals surface area contributed by atoms with Crippen LogP contribution in [0.1, 0.15) is 17.3 Å². The standard InChI is InChI=1S/C15H19N3O3/c1-19-11-4-5-14(20-2)12(8-11)13(16)6-10-7-15(21-3)18-9-17-10/h4-5,7-9,13H,6,16H2,1-3H3. The van der Waals surface area contributed by atoms with Gasteiger partial charge in [-0.1, -0.05) is 0 Å². The highest BCUT2D eigenvalue weighted by atomic mass is 16.5. The van der Waals surface area contributed by atoms with Crippen molar-refractivity contribution in [2.24, 2.45) is 5.73 Å². The number of ether oxygens (including phenoxy) is 3. The van der Waals surface area contributed by atoms with Crippen molar-refractivity contribution in [3.63, 3.8) is 0 Å². The summed E-state index contributed by atoms with van der Waals surface area (Å²) in [4.78, 5) is 8.19. The van der Waals surface area contributed by atoms with Gasteiger partial charge in [-0.2, -0.15) is 0 Å². The maximum Gasteiger partial charge on any atom is 0.216 e. The van der Waals surface area contributed by atoms with Crippen molar-refractivity contribution >= 4 is 0 Å². The smallest absolute Gasteiger partial charge is 0.216 e. The molecule has 0 aliphatic heterocycles. The van der Waals surface area contributed by atoms with E-state index in [1.165, 1.54) is 6.33 Å². The lowest BCUT2D eigenvalue weighted by atomic mass is 10.0. The normalized spacial score (nSPS) is 11.8. The highest BCUT2D eigenvalue weighted by Crippen LogP contribution is 2.29. The van der Waals surface area contributed by atoms with E-state index in [2.05, 4.69) is 9.97 Å². The van der Waals surface area contributed by atoms with Crippen molar-refractivity contribution in [3.05, 3.63) is 41.9 Å². The number of methoxy groups -OCH3 is 3. The fraction of sp³-hybridized carbons (Fsp3) is 0.333. The van der Waals surface area contributed by atoms with E-state index < -0.39 is 0 Å². The Morgan fingerprint density at radius 3 is 2.52 bits per heavy atom. The van der Waals surface area contributed by atoms with Crippen LogP contribution in [-0.4, -0.2) is 31.3 Å². The molecule has 0 saturated carbocycles. The second kappa shape index (κ2) is 6.90. The molecule has 1 aromatic carbocycles. The molecule has 0 saturated heterocycles. The van der Waals surface area contributed by atoms with Gasteiger partial charge in [0.2, 0.25) is 5.88 Å². The van der Waals surface area contributed by atoms with E-state index in [0.717, 1.165) is 22.8 Å². The molecule has 2 N–H and O–H groups in total. The van der Waals surface area contributed by atoms with Crippen LogP contribution in [0.2, 0.25) is 0 Å². The van der Waals surface area contributed by atoms with Crippen LogP contribution in [0.4, 0.5) is 0 Å². The highest BCUT2D eigenvalue weighted by molar-refractivity contribution is 5.42. The molecule has 0 fully saturated rings. The van der Waals surface area contributed by atoms with Crippen molar-refractivity contribution in [1.29, 1.82) is 0 Å². The van der Waals surface area contributed by atoms with Crippen molar-refractivity contribution in [2.45, 2.75) is 12.5 Å². The molecule has 0 spiro atoms. The van der Waals surface area contributed by atoms with Gasteiger partial charge in [0.1, 0.15) is 17.8 Å². The first-order valence-corrected chi connectivity index (χ1v) is 6.50. The molecule has 6 heteroatoms. The van der Waals surface area contributed by atoms with E-state index in [-0.39, 0.29) is 6.04 Å². The number of nitrogens with zero attached hydrogens (tertiary/aromatic N) is 2. The fourth-order valence-electron chi connectivity index (χ4n) is 2.06. The first-order chi connectivity index (χ1) is 10.2. The molecular weight excluding hydrogens is 270 g/mol. The lowest BCUT2D eigenvalue weighted by molar-refractivity contribution is 0.393. The Balaban J connectivity index is 2.24. The molecule has 0 bridgehead atoms. The summed E-state index contributed by atoms with van der Waals surface area (Å²) < 4.78 is 15.7. The van der Waals surface area contributed by atoms with Crippen molar-refractivity contribution in [2.75, 3.05) is 21.3 Å². The van der Waals surface area contributed by atoms with Gasteiger partial charge in [-0.3, -0.25) is 0 Å². The first kappa shape index (κ1) is 15.1. The Hall–Kier alpha value is -2.34. The summed E-state index contributed by atoms with van der Waals surface area (Å²) in [7, 11) is 4.80.